The summed E-state index contributed by atoms with van der Waals surface area (Å²) >= 11 is 0. The number of carbonyl (C=O) groups is 2. The molecule has 2 amide bonds. The Labute approximate surface area is 306 Å². The summed E-state index contributed by atoms with van der Waals surface area (Å²) in [6, 6.07) is 11.7. The quantitative estimate of drug-likeness (QED) is 0.146. The molecule has 0 fully saturated rings. The van der Waals surface area contributed by atoms with Crippen molar-refractivity contribution in [3.8, 4) is 11.4 Å². The van der Waals surface area contributed by atoms with E-state index in [4.69, 9.17) is 11.5 Å². The molecule has 6 aromatic heterocycles. The Morgan fingerprint density at radius 2 is 1.43 bits per heavy atom. The van der Waals surface area contributed by atoms with Crippen molar-refractivity contribution in [3.63, 3.8) is 0 Å². The van der Waals surface area contributed by atoms with E-state index in [1.165, 1.54) is 16.8 Å². The summed E-state index contributed by atoms with van der Waals surface area (Å²) in [6.07, 6.45) is 10.1. The topological polar surface area (TPSA) is 180 Å². The van der Waals surface area contributed by atoms with E-state index in [0.717, 1.165) is 5.56 Å². The number of pyridine rings is 2. The number of aromatic nitrogens is 6. The van der Waals surface area contributed by atoms with Gasteiger partial charge in [0.1, 0.15) is 11.1 Å². The predicted molar refractivity (Wildman–Crippen MR) is 205 cm³/mol. The minimum Gasteiger partial charge on any atom is -0.379 e. The molecule has 0 aliphatic rings. The van der Waals surface area contributed by atoms with E-state index >= 15 is 0 Å². The highest BCUT2D eigenvalue weighted by Gasteiger charge is 2.35. The van der Waals surface area contributed by atoms with Gasteiger partial charge in [-0.1, -0.05) is 40.7 Å². The molecule has 276 valence electrons. The van der Waals surface area contributed by atoms with Crippen LogP contribution in [0.5, 0.6) is 0 Å². The lowest BCUT2D eigenvalue weighted by molar-refractivity contribution is -0.773. The molecule has 0 spiro atoms. The predicted octanol–water partition coefficient (Wildman–Crippen LogP) is 4.06. The molecule has 0 radical (unpaired) electrons. The smallest absolute Gasteiger partial charge is 0.257 e. The maximum Gasteiger partial charge on any atom is 0.257 e. The normalized spacial score (nSPS) is 13.3. The van der Waals surface area contributed by atoms with Crippen LogP contribution in [0.15, 0.2) is 89.2 Å². The maximum absolute atomic E-state index is 13.1. The molecule has 6 rings (SSSR count). The summed E-state index contributed by atoms with van der Waals surface area (Å²) in [7, 11) is 0. The van der Waals surface area contributed by atoms with Crippen molar-refractivity contribution in [2.24, 2.45) is 22.3 Å². The van der Waals surface area contributed by atoms with Crippen LogP contribution >= 0.6 is 0 Å². The van der Waals surface area contributed by atoms with Gasteiger partial charge in [0.05, 0.1) is 52.4 Å². The molecular weight excluding hydrogens is 672 g/mol. The number of nitrogens with two attached hydrogens (primary N) is 2. The third-order valence-electron chi connectivity index (χ3n) is 10.2. The van der Waals surface area contributed by atoms with Gasteiger partial charge in [-0.25, -0.2) is 4.52 Å². The van der Waals surface area contributed by atoms with E-state index in [-0.39, 0.29) is 34.2 Å². The molecular formula is C39H47N10O4+. The number of anilines is 2. The molecule has 0 saturated carbocycles. The van der Waals surface area contributed by atoms with E-state index in [1.54, 1.807) is 58.1 Å². The Morgan fingerprint density at radius 1 is 0.811 bits per heavy atom. The van der Waals surface area contributed by atoms with Gasteiger partial charge in [-0.2, -0.15) is 5.10 Å². The van der Waals surface area contributed by atoms with E-state index in [9.17, 15) is 19.2 Å². The summed E-state index contributed by atoms with van der Waals surface area (Å²) in [4.78, 5) is 51.6. The number of carbonyl (C=O) groups excluding carboxylic acids is 2. The highest BCUT2D eigenvalue weighted by atomic mass is 16.2. The number of hydrogen-bond donors (Lipinski definition) is 4. The molecule has 0 saturated heterocycles. The fourth-order valence-corrected chi connectivity index (χ4v) is 6.19. The number of amides is 2. The standard InChI is InChI=1S/C39H46N10O4/c1-23-12-14-47(33(51)15-23)26-16-30-34(28(36(40)52)18-42-48(30)19-26)44-25(3)39(7,8)22-45-21-29(37(41)53)35(43-24(2)38(4,5)6)31-17-27(20-49(31)45)46-13-10-9-11-32(46)50/h9-21,24-25H,22H2,1-8H3,(H5,40,41,42,44,52,53)/p+1. The van der Waals surface area contributed by atoms with Crippen molar-refractivity contribution in [2.45, 2.75) is 74.0 Å². The largest absolute Gasteiger partial charge is 0.379 e. The van der Waals surface area contributed by atoms with Gasteiger partial charge in [0, 0.05) is 42.0 Å². The van der Waals surface area contributed by atoms with Crippen molar-refractivity contribution < 1.29 is 14.3 Å². The van der Waals surface area contributed by atoms with Crippen molar-refractivity contribution in [2.75, 3.05) is 10.6 Å². The second-order valence-electron chi connectivity index (χ2n) is 15.5. The number of fused-ring (bicyclic) bond motifs is 2. The van der Waals surface area contributed by atoms with E-state index in [0.29, 0.717) is 45.9 Å². The summed E-state index contributed by atoms with van der Waals surface area (Å²) in [5.74, 6) is -1.26. The molecule has 53 heavy (non-hydrogen) atoms. The van der Waals surface area contributed by atoms with Crippen molar-refractivity contribution >= 4 is 34.2 Å². The summed E-state index contributed by atoms with van der Waals surface area (Å²) in [5, 5.41) is 11.5. The zero-order valence-corrected chi connectivity index (χ0v) is 31.3. The van der Waals surface area contributed by atoms with Crippen LogP contribution in [0.4, 0.5) is 11.4 Å². The second kappa shape index (κ2) is 13.4. The second-order valence-corrected chi connectivity index (χ2v) is 15.5. The van der Waals surface area contributed by atoms with Crippen molar-refractivity contribution in [1.82, 2.24) is 23.3 Å². The Balaban J connectivity index is 1.44. The lowest BCUT2D eigenvalue weighted by Gasteiger charge is -2.31. The van der Waals surface area contributed by atoms with Crippen LogP contribution in [0.25, 0.3) is 22.4 Å². The minimum atomic E-state index is -0.659. The average Bonchev–Trinajstić information content (AvgIpc) is 3.71. The van der Waals surface area contributed by atoms with Crippen LogP contribution in [0.2, 0.25) is 0 Å². The van der Waals surface area contributed by atoms with Gasteiger partial charge < -0.3 is 22.1 Å². The highest BCUT2D eigenvalue weighted by molar-refractivity contribution is 6.02. The van der Waals surface area contributed by atoms with Gasteiger partial charge in [0.15, 0.2) is 6.54 Å². The van der Waals surface area contributed by atoms with Crippen LogP contribution in [-0.4, -0.2) is 47.2 Å². The van der Waals surface area contributed by atoms with E-state index < -0.39 is 17.2 Å². The zero-order chi connectivity index (χ0) is 38.6. The van der Waals surface area contributed by atoms with Gasteiger partial charge in [0.2, 0.25) is 6.20 Å². The molecule has 14 heteroatoms. The van der Waals surface area contributed by atoms with Crippen molar-refractivity contribution in [1.29, 1.82) is 0 Å². The molecule has 6 N–H and O–H groups in total. The van der Waals surface area contributed by atoms with Crippen LogP contribution in [0.3, 0.4) is 0 Å². The lowest BCUT2D eigenvalue weighted by atomic mass is 9.85. The summed E-state index contributed by atoms with van der Waals surface area (Å²) in [6.45, 7) is 16.7. The lowest BCUT2D eigenvalue weighted by Crippen LogP contribution is -2.52. The number of primary amides is 2. The van der Waals surface area contributed by atoms with Gasteiger partial charge >= 0.3 is 0 Å². The first-order valence-corrected chi connectivity index (χ1v) is 17.5. The minimum absolute atomic E-state index is 0.0467. The maximum atomic E-state index is 13.1. The van der Waals surface area contributed by atoms with Crippen LogP contribution < -0.4 is 37.9 Å². The SMILES string of the molecule is Cc1ccn(-c2cc3c(NC(C)C(C)(C)C[n+]4cc(C(N)=O)c(NC(C)C(C)(C)C)c5cc(-n6ccccc6=O)cn54)c(C(N)=O)cnn3c2)c(=O)c1. The highest BCUT2D eigenvalue weighted by Crippen LogP contribution is 2.32. The van der Waals surface area contributed by atoms with Gasteiger partial charge in [-0.05, 0) is 56.0 Å². The molecule has 0 bridgehead atoms. The molecule has 2 unspecified atom stereocenters. The first-order chi connectivity index (χ1) is 24.9. The zero-order valence-electron chi connectivity index (χ0n) is 31.3. The molecule has 6 heterocycles. The molecule has 2 atom stereocenters. The number of aryl methyl sites for hydroxylation is 1. The molecule has 0 aliphatic carbocycles. The fraction of sp³-hybridized carbons (Fsp3) is 0.333. The first-order valence-electron chi connectivity index (χ1n) is 17.5. The van der Waals surface area contributed by atoms with Crippen LogP contribution in [-0.2, 0) is 6.54 Å². The molecule has 0 aliphatic heterocycles. The Bertz CT molecular complexity index is 2510. The third-order valence-corrected chi connectivity index (χ3v) is 10.2. The number of nitrogens with one attached hydrogen (secondary N) is 2. The monoisotopic (exact) mass is 719 g/mol. The average molecular weight is 720 g/mol. The van der Waals surface area contributed by atoms with Gasteiger partial charge in [-0.15, -0.1) is 9.20 Å². The summed E-state index contributed by atoms with van der Waals surface area (Å²) in [5.41, 5.74) is 15.6. The fourth-order valence-electron chi connectivity index (χ4n) is 6.19. The molecule has 6 aromatic rings. The molecule has 14 nitrogen and oxygen atoms in total. The van der Waals surface area contributed by atoms with Gasteiger partial charge in [0.25, 0.3) is 22.9 Å². The van der Waals surface area contributed by atoms with Crippen molar-refractivity contribution in [3.05, 3.63) is 117 Å². The number of nitrogens with zero attached hydrogens (tertiary/aromatic N) is 6. The Hall–Kier alpha value is -6.18. The third kappa shape index (κ3) is 7.04. The molecule has 0 aromatic carbocycles. The van der Waals surface area contributed by atoms with E-state index in [1.807, 2.05) is 48.3 Å². The Kier molecular flexibility index (Phi) is 9.27. The number of rotatable bonds is 11. The number of hydrogen-bond acceptors (Lipinski definition) is 7. The first kappa shape index (κ1) is 36.6. The van der Waals surface area contributed by atoms with E-state index in [2.05, 4.69) is 50.4 Å². The Morgan fingerprint density at radius 3 is 2.08 bits per heavy atom. The van der Waals surface area contributed by atoms with Crippen LogP contribution in [0, 0.1) is 17.8 Å². The van der Waals surface area contributed by atoms with Gasteiger partial charge in [-0.3, -0.25) is 28.3 Å². The summed E-state index contributed by atoms with van der Waals surface area (Å²) < 4.78 is 8.49. The van der Waals surface area contributed by atoms with Crippen LogP contribution in [0.1, 0.15) is 74.7 Å².